The average molecular weight is 281 g/mol. The van der Waals surface area contributed by atoms with E-state index in [2.05, 4.69) is 29.2 Å². The van der Waals surface area contributed by atoms with E-state index < -0.39 is 0 Å². The fourth-order valence-corrected chi connectivity index (χ4v) is 3.39. The fourth-order valence-electron chi connectivity index (χ4n) is 2.51. The molecule has 5 heteroatoms. The molecule has 0 radical (unpaired) electrons. The third-order valence-corrected chi connectivity index (χ3v) is 4.43. The third-order valence-electron chi connectivity index (χ3n) is 3.52. The Balaban J connectivity index is 1.79. The number of aromatic nitrogens is 1. The van der Waals surface area contributed by atoms with Crippen LogP contribution >= 0.6 is 11.3 Å². The molecule has 1 aromatic heterocycles. The highest BCUT2D eigenvalue weighted by molar-refractivity contribution is 7.09. The Bertz CT molecular complexity index is 419. The summed E-state index contributed by atoms with van der Waals surface area (Å²) in [6, 6.07) is 0. The second kappa shape index (κ2) is 7.01. The van der Waals surface area contributed by atoms with Gasteiger partial charge in [0.05, 0.1) is 5.01 Å². The Morgan fingerprint density at radius 3 is 3.21 bits per heavy atom. The Kier molecular flexibility index (Phi) is 5.34. The molecule has 1 saturated heterocycles. The van der Waals surface area contributed by atoms with Crippen molar-refractivity contribution in [2.24, 2.45) is 5.92 Å². The first-order chi connectivity index (χ1) is 9.19. The minimum atomic E-state index is -0.0215. The van der Waals surface area contributed by atoms with Crippen molar-refractivity contribution < 1.29 is 4.79 Å². The number of thiazole rings is 1. The van der Waals surface area contributed by atoms with E-state index in [1.54, 1.807) is 11.3 Å². The molecule has 1 N–H and O–H groups in total. The van der Waals surface area contributed by atoms with E-state index in [0.29, 0.717) is 11.6 Å². The van der Waals surface area contributed by atoms with Gasteiger partial charge in [-0.3, -0.25) is 4.79 Å². The molecule has 1 atom stereocenters. The highest BCUT2D eigenvalue weighted by Crippen LogP contribution is 2.15. The molecule has 0 bridgehead atoms. The van der Waals surface area contributed by atoms with E-state index in [0.717, 1.165) is 30.9 Å². The molecule has 106 valence electrons. The van der Waals surface area contributed by atoms with Gasteiger partial charge in [-0.05, 0) is 45.2 Å². The Hall–Kier alpha value is -0.940. The number of rotatable bonds is 5. The molecule has 0 aliphatic carbocycles. The molecule has 0 aromatic carbocycles. The summed E-state index contributed by atoms with van der Waals surface area (Å²) in [7, 11) is 2.14. The molecule has 1 fully saturated rings. The highest BCUT2D eigenvalue weighted by Gasteiger charge is 2.18. The first kappa shape index (κ1) is 14.5. The normalized spacial score (nSPS) is 20.4. The summed E-state index contributed by atoms with van der Waals surface area (Å²) >= 11 is 1.58. The lowest BCUT2D eigenvalue weighted by Gasteiger charge is -2.29. The van der Waals surface area contributed by atoms with Crippen molar-refractivity contribution in [1.82, 2.24) is 15.2 Å². The van der Waals surface area contributed by atoms with Crippen molar-refractivity contribution in [2.45, 2.75) is 32.6 Å². The fraction of sp³-hybridized carbons (Fsp3) is 0.714. The van der Waals surface area contributed by atoms with E-state index in [1.165, 1.54) is 19.4 Å². The lowest BCUT2D eigenvalue weighted by molar-refractivity contribution is 0.0932. The molecule has 0 saturated carbocycles. The van der Waals surface area contributed by atoms with Gasteiger partial charge in [0.1, 0.15) is 5.69 Å². The molecular formula is C14H23N3OS. The third kappa shape index (κ3) is 4.28. The maximum Gasteiger partial charge on any atom is 0.270 e. The lowest BCUT2D eigenvalue weighted by Crippen LogP contribution is -2.39. The summed E-state index contributed by atoms with van der Waals surface area (Å²) in [4.78, 5) is 18.7. The molecule has 1 aliphatic heterocycles. The van der Waals surface area contributed by atoms with Crippen LogP contribution in [0.25, 0.3) is 0 Å². The summed E-state index contributed by atoms with van der Waals surface area (Å²) in [5, 5.41) is 5.95. The van der Waals surface area contributed by atoms with Gasteiger partial charge in [-0.15, -0.1) is 11.3 Å². The topological polar surface area (TPSA) is 45.2 Å². The van der Waals surface area contributed by atoms with Gasteiger partial charge in [-0.25, -0.2) is 4.98 Å². The average Bonchev–Trinajstić information content (AvgIpc) is 2.85. The number of hydrogen-bond donors (Lipinski definition) is 1. The number of piperidine rings is 1. The molecule has 2 heterocycles. The predicted octanol–water partition coefficient (Wildman–Crippen LogP) is 2.17. The van der Waals surface area contributed by atoms with Gasteiger partial charge in [0.2, 0.25) is 0 Å². The van der Waals surface area contributed by atoms with Gasteiger partial charge in [0.25, 0.3) is 5.91 Å². The van der Waals surface area contributed by atoms with Crippen LogP contribution in [0.2, 0.25) is 0 Å². The van der Waals surface area contributed by atoms with Gasteiger partial charge in [-0.2, -0.15) is 0 Å². The van der Waals surface area contributed by atoms with Crippen molar-refractivity contribution in [3.63, 3.8) is 0 Å². The van der Waals surface area contributed by atoms with Crippen LogP contribution in [0.15, 0.2) is 5.38 Å². The van der Waals surface area contributed by atoms with E-state index in [4.69, 9.17) is 0 Å². The second-order valence-corrected chi connectivity index (χ2v) is 6.30. The predicted molar refractivity (Wildman–Crippen MR) is 78.7 cm³/mol. The van der Waals surface area contributed by atoms with E-state index >= 15 is 0 Å². The molecule has 0 spiro atoms. The van der Waals surface area contributed by atoms with Crippen molar-refractivity contribution in [3.05, 3.63) is 16.1 Å². The van der Waals surface area contributed by atoms with Crippen LogP contribution in [0.4, 0.5) is 0 Å². The zero-order valence-electron chi connectivity index (χ0n) is 11.8. The molecular weight excluding hydrogens is 258 g/mol. The van der Waals surface area contributed by atoms with E-state index in [1.807, 2.05) is 5.38 Å². The number of nitrogens with zero attached hydrogens (tertiary/aromatic N) is 2. The molecule has 0 unspecified atom stereocenters. The largest absolute Gasteiger partial charge is 0.350 e. The van der Waals surface area contributed by atoms with Crippen molar-refractivity contribution >= 4 is 17.2 Å². The maximum atomic E-state index is 12.0. The van der Waals surface area contributed by atoms with Crippen molar-refractivity contribution in [3.8, 4) is 0 Å². The summed E-state index contributed by atoms with van der Waals surface area (Å²) in [5.41, 5.74) is 0.581. The first-order valence-electron chi connectivity index (χ1n) is 7.10. The quantitative estimate of drug-likeness (QED) is 0.899. The highest BCUT2D eigenvalue weighted by atomic mass is 32.1. The second-order valence-electron chi connectivity index (χ2n) is 5.36. The number of carbonyl (C=O) groups excluding carboxylic acids is 1. The molecule has 4 nitrogen and oxygen atoms in total. The summed E-state index contributed by atoms with van der Waals surface area (Å²) in [6.45, 7) is 5.15. The molecule has 2 rings (SSSR count). The standard InChI is InChI=1S/C14H23N3OS/c1-3-5-13-16-12(10-19-13)14(18)15-8-11-6-4-7-17(2)9-11/h10-11H,3-9H2,1-2H3,(H,15,18)/t11-/m0/s1. The van der Waals surface area contributed by atoms with E-state index in [-0.39, 0.29) is 5.91 Å². The number of hydrogen-bond acceptors (Lipinski definition) is 4. The number of nitrogens with one attached hydrogen (secondary N) is 1. The van der Waals surface area contributed by atoms with E-state index in [9.17, 15) is 4.79 Å². The Labute approximate surface area is 119 Å². The van der Waals surface area contributed by atoms with Crippen molar-refractivity contribution in [1.29, 1.82) is 0 Å². The Morgan fingerprint density at radius 1 is 1.63 bits per heavy atom. The van der Waals surface area contributed by atoms with Crippen LogP contribution in [0.1, 0.15) is 41.7 Å². The smallest absolute Gasteiger partial charge is 0.270 e. The van der Waals surface area contributed by atoms with Crippen LogP contribution in [0, 0.1) is 5.92 Å². The van der Waals surface area contributed by atoms with Gasteiger partial charge < -0.3 is 10.2 Å². The van der Waals surface area contributed by atoms with Crippen LogP contribution in [-0.2, 0) is 6.42 Å². The monoisotopic (exact) mass is 281 g/mol. The van der Waals surface area contributed by atoms with Crippen LogP contribution in [-0.4, -0.2) is 42.5 Å². The van der Waals surface area contributed by atoms with Gasteiger partial charge in [0, 0.05) is 18.5 Å². The van der Waals surface area contributed by atoms with Crippen molar-refractivity contribution in [2.75, 3.05) is 26.7 Å². The minimum absolute atomic E-state index is 0.0215. The lowest BCUT2D eigenvalue weighted by atomic mass is 9.98. The molecule has 19 heavy (non-hydrogen) atoms. The van der Waals surface area contributed by atoms with Crippen LogP contribution in [0.5, 0.6) is 0 Å². The molecule has 1 amide bonds. The maximum absolute atomic E-state index is 12.0. The zero-order valence-corrected chi connectivity index (χ0v) is 12.6. The first-order valence-corrected chi connectivity index (χ1v) is 7.98. The number of likely N-dealkylation sites (tertiary alicyclic amines) is 1. The van der Waals surface area contributed by atoms with Crippen LogP contribution in [0.3, 0.4) is 0 Å². The summed E-state index contributed by atoms with van der Waals surface area (Å²) in [6.07, 6.45) is 4.48. The Morgan fingerprint density at radius 2 is 2.47 bits per heavy atom. The van der Waals surface area contributed by atoms with Gasteiger partial charge in [0.15, 0.2) is 0 Å². The number of amides is 1. The number of aryl methyl sites for hydroxylation is 1. The van der Waals surface area contributed by atoms with Gasteiger partial charge >= 0.3 is 0 Å². The minimum Gasteiger partial charge on any atom is -0.350 e. The zero-order chi connectivity index (χ0) is 13.7. The summed E-state index contributed by atoms with van der Waals surface area (Å²) in [5.74, 6) is 0.559. The number of carbonyl (C=O) groups is 1. The van der Waals surface area contributed by atoms with Gasteiger partial charge in [-0.1, -0.05) is 6.92 Å². The molecule has 1 aliphatic rings. The SMILES string of the molecule is CCCc1nc(C(=O)NC[C@@H]2CCCN(C)C2)cs1. The molecule has 1 aromatic rings. The summed E-state index contributed by atoms with van der Waals surface area (Å²) < 4.78 is 0. The van der Waals surface area contributed by atoms with Crippen LogP contribution < -0.4 is 5.32 Å².